The highest BCUT2D eigenvalue weighted by atomic mass is 32.1. The Hall–Kier alpha value is -2.61. The average Bonchev–Trinajstić information content (AvgIpc) is 3.14. The molecule has 0 radical (unpaired) electrons. The Morgan fingerprint density at radius 3 is 2.73 bits per heavy atom. The molecule has 0 fully saturated rings. The SMILES string of the molecule is COC(=O)CNC(=O)c1sc(NC(=O)c2ccco2)cc1C. The third-order valence-corrected chi connectivity index (χ3v) is 3.88. The molecule has 0 unspecified atom stereocenters. The number of aryl methyl sites for hydroxylation is 1. The van der Waals surface area contributed by atoms with Crippen molar-refractivity contribution in [3.63, 3.8) is 0 Å². The van der Waals surface area contributed by atoms with Crippen LogP contribution in [0.4, 0.5) is 5.00 Å². The van der Waals surface area contributed by atoms with Gasteiger partial charge in [0.05, 0.1) is 23.3 Å². The number of methoxy groups -OCH3 is 1. The van der Waals surface area contributed by atoms with Crippen LogP contribution < -0.4 is 10.6 Å². The van der Waals surface area contributed by atoms with Gasteiger partial charge >= 0.3 is 5.97 Å². The number of carbonyl (C=O) groups is 3. The second kappa shape index (κ2) is 6.90. The third kappa shape index (κ3) is 3.73. The lowest BCUT2D eigenvalue weighted by molar-refractivity contribution is -0.139. The first-order chi connectivity index (χ1) is 10.5. The lowest BCUT2D eigenvalue weighted by Crippen LogP contribution is -2.29. The second-order valence-corrected chi connectivity index (χ2v) is 5.37. The number of furan rings is 1. The quantitative estimate of drug-likeness (QED) is 0.818. The molecule has 8 heteroatoms. The van der Waals surface area contributed by atoms with Gasteiger partial charge in [-0.1, -0.05) is 0 Å². The highest BCUT2D eigenvalue weighted by Crippen LogP contribution is 2.27. The highest BCUT2D eigenvalue weighted by Gasteiger charge is 2.17. The van der Waals surface area contributed by atoms with Crippen molar-refractivity contribution in [2.45, 2.75) is 6.92 Å². The van der Waals surface area contributed by atoms with Gasteiger partial charge in [-0.15, -0.1) is 11.3 Å². The Kier molecular flexibility index (Phi) is 4.95. The molecule has 2 heterocycles. The molecule has 7 nitrogen and oxygen atoms in total. The Balaban J connectivity index is 2.03. The molecule has 2 aromatic rings. The molecule has 0 atom stereocenters. The van der Waals surface area contributed by atoms with E-state index in [-0.39, 0.29) is 12.3 Å². The van der Waals surface area contributed by atoms with Gasteiger partial charge in [0.2, 0.25) is 0 Å². The Bertz CT molecular complexity index is 690. The summed E-state index contributed by atoms with van der Waals surface area (Å²) in [6.07, 6.45) is 1.40. The van der Waals surface area contributed by atoms with Crippen LogP contribution in [0.2, 0.25) is 0 Å². The zero-order chi connectivity index (χ0) is 16.1. The summed E-state index contributed by atoms with van der Waals surface area (Å²) in [6, 6.07) is 4.83. The van der Waals surface area contributed by atoms with Gasteiger partial charge < -0.3 is 19.8 Å². The van der Waals surface area contributed by atoms with Gasteiger partial charge in [-0.3, -0.25) is 14.4 Å². The minimum Gasteiger partial charge on any atom is -0.468 e. The van der Waals surface area contributed by atoms with E-state index in [9.17, 15) is 14.4 Å². The van der Waals surface area contributed by atoms with E-state index in [0.29, 0.717) is 15.4 Å². The van der Waals surface area contributed by atoms with Gasteiger partial charge in [-0.25, -0.2) is 0 Å². The van der Waals surface area contributed by atoms with Crippen molar-refractivity contribution >= 4 is 34.1 Å². The maximum atomic E-state index is 12.0. The predicted octanol–water partition coefficient (Wildman–Crippen LogP) is 1.80. The fraction of sp³-hybridized carbons (Fsp3) is 0.214. The topological polar surface area (TPSA) is 97.6 Å². The monoisotopic (exact) mass is 322 g/mol. The largest absolute Gasteiger partial charge is 0.468 e. The number of amides is 2. The zero-order valence-electron chi connectivity index (χ0n) is 12.0. The zero-order valence-corrected chi connectivity index (χ0v) is 12.8. The number of hydrogen-bond acceptors (Lipinski definition) is 6. The van der Waals surface area contributed by atoms with Gasteiger partial charge in [-0.2, -0.15) is 0 Å². The first-order valence-electron chi connectivity index (χ1n) is 6.31. The van der Waals surface area contributed by atoms with Gasteiger partial charge in [0.15, 0.2) is 5.76 Å². The summed E-state index contributed by atoms with van der Waals surface area (Å²) in [4.78, 5) is 35.3. The van der Waals surface area contributed by atoms with Crippen molar-refractivity contribution in [1.82, 2.24) is 5.32 Å². The smallest absolute Gasteiger partial charge is 0.325 e. The first kappa shape index (κ1) is 15.8. The number of esters is 1. The van der Waals surface area contributed by atoms with Crippen molar-refractivity contribution in [2.24, 2.45) is 0 Å². The van der Waals surface area contributed by atoms with Gasteiger partial charge in [-0.05, 0) is 30.7 Å². The summed E-state index contributed by atoms with van der Waals surface area (Å²) in [5.41, 5.74) is 0.696. The number of carbonyl (C=O) groups excluding carboxylic acids is 3. The van der Waals surface area contributed by atoms with Crippen LogP contribution in [0.3, 0.4) is 0 Å². The molecule has 0 saturated heterocycles. The van der Waals surface area contributed by atoms with Crippen LogP contribution in [-0.2, 0) is 9.53 Å². The van der Waals surface area contributed by atoms with Crippen LogP contribution in [0.25, 0.3) is 0 Å². The first-order valence-corrected chi connectivity index (χ1v) is 7.13. The maximum absolute atomic E-state index is 12.0. The second-order valence-electron chi connectivity index (χ2n) is 4.31. The molecule has 0 bridgehead atoms. The summed E-state index contributed by atoms with van der Waals surface area (Å²) in [5.74, 6) is -1.14. The Morgan fingerprint density at radius 2 is 2.09 bits per heavy atom. The van der Waals surface area contributed by atoms with Crippen LogP contribution in [0.5, 0.6) is 0 Å². The number of nitrogens with one attached hydrogen (secondary N) is 2. The minimum atomic E-state index is -0.533. The molecule has 0 saturated carbocycles. The van der Waals surface area contributed by atoms with E-state index in [1.165, 1.54) is 13.4 Å². The van der Waals surface area contributed by atoms with Gasteiger partial charge in [0.1, 0.15) is 6.54 Å². The van der Waals surface area contributed by atoms with Crippen molar-refractivity contribution in [3.05, 3.63) is 40.7 Å². The van der Waals surface area contributed by atoms with Crippen molar-refractivity contribution < 1.29 is 23.5 Å². The number of hydrogen-bond donors (Lipinski definition) is 2. The fourth-order valence-corrected chi connectivity index (χ4v) is 2.64. The highest BCUT2D eigenvalue weighted by molar-refractivity contribution is 7.18. The Morgan fingerprint density at radius 1 is 1.32 bits per heavy atom. The van der Waals surface area contributed by atoms with E-state index in [1.807, 2.05) is 0 Å². The van der Waals surface area contributed by atoms with E-state index in [4.69, 9.17) is 4.42 Å². The molecule has 116 valence electrons. The summed E-state index contributed by atoms with van der Waals surface area (Å²) >= 11 is 1.11. The fourth-order valence-electron chi connectivity index (χ4n) is 1.66. The van der Waals surface area contributed by atoms with Crippen LogP contribution >= 0.6 is 11.3 Å². The normalized spacial score (nSPS) is 10.1. The minimum absolute atomic E-state index is 0.183. The lowest BCUT2D eigenvalue weighted by atomic mass is 10.3. The maximum Gasteiger partial charge on any atom is 0.325 e. The average molecular weight is 322 g/mol. The lowest BCUT2D eigenvalue weighted by Gasteiger charge is -2.02. The molecule has 2 aromatic heterocycles. The molecule has 0 aliphatic carbocycles. The molecule has 2 N–H and O–H groups in total. The summed E-state index contributed by atoms with van der Waals surface area (Å²) < 4.78 is 9.44. The van der Waals surface area contributed by atoms with E-state index < -0.39 is 17.8 Å². The predicted molar refractivity (Wildman–Crippen MR) is 80.1 cm³/mol. The molecular formula is C14H14N2O5S. The standard InChI is InChI=1S/C14H14N2O5S/c1-8-6-10(16-13(18)9-4-3-5-21-9)22-12(8)14(19)15-7-11(17)20-2/h3-6H,7H2,1-2H3,(H,15,19)(H,16,18). The van der Waals surface area contributed by atoms with E-state index >= 15 is 0 Å². The number of anilines is 1. The third-order valence-electron chi connectivity index (χ3n) is 2.73. The Labute approximate surface area is 130 Å². The molecule has 0 spiro atoms. The van der Waals surface area contributed by atoms with Crippen LogP contribution in [0, 0.1) is 6.92 Å². The van der Waals surface area contributed by atoms with Crippen molar-refractivity contribution in [2.75, 3.05) is 19.0 Å². The van der Waals surface area contributed by atoms with E-state index in [1.54, 1.807) is 25.1 Å². The molecule has 2 rings (SSSR count). The molecule has 2 amide bonds. The molecule has 0 aliphatic rings. The van der Waals surface area contributed by atoms with Crippen LogP contribution in [-0.4, -0.2) is 31.4 Å². The van der Waals surface area contributed by atoms with Crippen molar-refractivity contribution in [3.8, 4) is 0 Å². The number of rotatable bonds is 5. The van der Waals surface area contributed by atoms with Gasteiger partial charge in [0, 0.05) is 0 Å². The number of thiophene rings is 1. The van der Waals surface area contributed by atoms with Crippen LogP contribution in [0.1, 0.15) is 25.8 Å². The molecule has 0 aromatic carbocycles. The summed E-state index contributed by atoms with van der Waals surface area (Å²) in [6.45, 7) is 1.53. The van der Waals surface area contributed by atoms with Gasteiger partial charge in [0.25, 0.3) is 11.8 Å². The van der Waals surface area contributed by atoms with E-state index in [0.717, 1.165) is 11.3 Å². The summed E-state index contributed by atoms with van der Waals surface area (Å²) in [5, 5.41) is 5.62. The van der Waals surface area contributed by atoms with Crippen molar-refractivity contribution in [1.29, 1.82) is 0 Å². The molecule has 22 heavy (non-hydrogen) atoms. The van der Waals surface area contributed by atoms with Crippen LogP contribution in [0.15, 0.2) is 28.9 Å². The summed E-state index contributed by atoms with van der Waals surface area (Å²) in [7, 11) is 1.24. The molecular weight excluding hydrogens is 308 g/mol. The number of ether oxygens (including phenoxy) is 1. The molecule has 0 aliphatic heterocycles. The van der Waals surface area contributed by atoms with E-state index in [2.05, 4.69) is 15.4 Å².